The van der Waals surface area contributed by atoms with Crippen LogP contribution < -0.4 is 5.32 Å². The van der Waals surface area contributed by atoms with Crippen molar-refractivity contribution in [3.8, 4) is 11.3 Å². The zero-order valence-corrected chi connectivity index (χ0v) is 17.8. The Hall–Kier alpha value is -2.67. The van der Waals surface area contributed by atoms with Crippen molar-refractivity contribution < 1.29 is 14.1 Å². The van der Waals surface area contributed by atoms with E-state index in [9.17, 15) is 9.59 Å². The maximum atomic E-state index is 13.1. The topological polar surface area (TPSA) is 78.7 Å². The van der Waals surface area contributed by atoms with Crippen molar-refractivity contribution in [1.29, 1.82) is 0 Å². The van der Waals surface area contributed by atoms with Crippen LogP contribution in [-0.4, -0.2) is 66.5 Å². The first-order valence-corrected chi connectivity index (χ1v) is 10.7. The first-order chi connectivity index (χ1) is 14.5. The fourth-order valence-corrected chi connectivity index (χ4v) is 4.97. The number of likely N-dealkylation sites (N-methyl/N-ethyl adjacent to an activating group) is 1. The highest BCUT2D eigenvalue weighted by atomic mass is 16.5. The highest BCUT2D eigenvalue weighted by Gasteiger charge is 2.46. The van der Waals surface area contributed by atoms with Crippen molar-refractivity contribution in [2.24, 2.45) is 5.41 Å². The summed E-state index contributed by atoms with van der Waals surface area (Å²) < 4.78 is 5.14. The van der Waals surface area contributed by atoms with Gasteiger partial charge in [-0.2, -0.15) is 0 Å². The molecule has 2 heterocycles. The van der Waals surface area contributed by atoms with E-state index in [-0.39, 0.29) is 23.3 Å². The lowest BCUT2D eigenvalue weighted by molar-refractivity contribution is -0.134. The van der Waals surface area contributed by atoms with Crippen molar-refractivity contribution in [2.75, 3.05) is 33.7 Å². The number of hydrogen-bond donors (Lipinski definition) is 1. The Morgan fingerprint density at radius 3 is 2.63 bits per heavy atom. The Kier molecular flexibility index (Phi) is 5.90. The van der Waals surface area contributed by atoms with Crippen molar-refractivity contribution in [2.45, 2.75) is 38.1 Å². The molecule has 1 unspecified atom stereocenters. The summed E-state index contributed by atoms with van der Waals surface area (Å²) in [5.41, 5.74) is 1.99. The highest BCUT2D eigenvalue weighted by molar-refractivity contribution is 5.99. The molecule has 2 fully saturated rings. The maximum Gasteiger partial charge on any atom is 0.257 e. The van der Waals surface area contributed by atoms with E-state index in [0.29, 0.717) is 17.8 Å². The molecule has 160 valence electrons. The summed E-state index contributed by atoms with van der Waals surface area (Å²) in [4.78, 5) is 29.4. The molecular weight excluding hydrogens is 380 g/mol. The average Bonchev–Trinajstić information content (AvgIpc) is 3.37. The fourth-order valence-electron chi connectivity index (χ4n) is 4.97. The lowest BCUT2D eigenvalue weighted by Crippen LogP contribution is -2.52. The number of carbonyl (C=O) groups is 2. The minimum atomic E-state index is -0.132. The molecule has 1 aliphatic heterocycles. The molecule has 30 heavy (non-hydrogen) atoms. The SMILES string of the molecule is CN(C)CC(=O)N1CCC2(CCCC2NC(=O)c2conc2-c2ccccc2)CC1. The number of benzene rings is 1. The number of nitrogens with one attached hydrogen (secondary N) is 1. The summed E-state index contributed by atoms with van der Waals surface area (Å²) in [6.45, 7) is 1.98. The van der Waals surface area contributed by atoms with E-state index in [0.717, 1.165) is 50.8 Å². The Bertz CT molecular complexity index is 885. The van der Waals surface area contributed by atoms with Gasteiger partial charge in [0.1, 0.15) is 17.5 Å². The molecule has 0 bridgehead atoms. The van der Waals surface area contributed by atoms with Gasteiger partial charge >= 0.3 is 0 Å². The van der Waals surface area contributed by atoms with E-state index in [1.54, 1.807) is 0 Å². The van der Waals surface area contributed by atoms with Crippen molar-refractivity contribution in [3.05, 3.63) is 42.2 Å². The second-order valence-corrected chi connectivity index (χ2v) is 8.84. The molecular formula is C23H30N4O3. The first kappa shape index (κ1) is 20.6. The summed E-state index contributed by atoms with van der Waals surface area (Å²) >= 11 is 0. The van der Waals surface area contributed by atoms with Crippen LogP contribution in [0.3, 0.4) is 0 Å². The van der Waals surface area contributed by atoms with E-state index in [1.807, 2.05) is 54.2 Å². The number of rotatable bonds is 5. The van der Waals surface area contributed by atoms with Gasteiger partial charge in [-0.05, 0) is 45.2 Å². The van der Waals surface area contributed by atoms with Gasteiger partial charge in [0.05, 0.1) is 6.54 Å². The second kappa shape index (κ2) is 8.60. The zero-order chi connectivity index (χ0) is 21.1. The molecule has 1 N–H and O–H groups in total. The summed E-state index contributed by atoms with van der Waals surface area (Å²) in [5, 5.41) is 7.33. The minimum absolute atomic E-state index is 0.0780. The van der Waals surface area contributed by atoms with Crippen LogP contribution >= 0.6 is 0 Å². The third-order valence-corrected chi connectivity index (χ3v) is 6.64. The molecule has 1 saturated carbocycles. The molecule has 7 heteroatoms. The zero-order valence-electron chi connectivity index (χ0n) is 17.8. The number of amides is 2. The van der Waals surface area contributed by atoms with Crippen molar-refractivity contribution in [1.82, 2.24) is 20.3 Å². The maximum absolute atomic E-state index is 13.1. The Morgan fingerprint density at radius 2 is 1.93 bits per heavy atom. The van der Waals surface area contributed by atoms with Crippen LogP contribution in [0, 0.1) is 5.41 Å². The quantitative estimate of drug-likeness (QED) is 0.820. The van der Waals surface area contributed by atoms with E-state index < -0.39 is 0 Å². The van der Waals surface area contributed by atoms with Gasteiger partial charge in [0.2, 0.25) is 5.91 Å². The molecule has 0 radical (unpaired) electrons. The number of nitrogens with zero attached hydrogens (tertiary/aromatic N) is 3. The molecule has 1 aromatic carbocycles. The van der Waals surface area contributed by atoms with E-state index >= 15 is 0 Å². The second-order valence-electron chi connectivity index (χ2n) is 8.84. The number of piperidine rings is 1. The Morgan fingerprint density at radius 1 is 1.20 bits per heavy atom. The molecule has 7 nitrogen and oxygen atoms in total. The molecule has 2 amide bonds. The van der Waals surface area contributed by atoms with Gasteiger partial charge in [0.25, 0.3) is 5.91 Å². The van der Waals surface area contributed by atoms with Crippen LogP contribution in [-0.2, 0) is 4.79 Å². The molecule has 1 saturated heterocycles. The fraction of sp³-hybridized carbons (Fsp3) is 0.522. The van der Waals surface area contributed by atoms with Gasteiger partial charge in [-0.1, -0.05) is 41.9 Å². The van der Waals surface area contributed by atoms with Crippen LogP contribution in [0.5, 0.6) is 0 Å². The first-order valence-electron chi connectivity index (χ1n) is 10.7. The number of aromatic nitrogens is 1. The van der Waals surface area contributed by atoms with E-state index in [4.69, 9.17) is 4.52 Å². The van der Waals surface area contributed by atoms with Crippen molar-refractivity contribution >= 4 is 11.8 Å². The molecule has 4 rings (SSSR count). The standard InChI is InChI=1S/C23H30N4O3/c1-26(2)15-20(28)27-13-11-23(12-14-27)10-6-9-19(23)24-22(29)18-16-30-25-21(18)17-7-4-3-5-8-17/h3-5,7-8,16,19H,6,9-15H2,1-2H3,(H,24,29). The van der Waals surface area contributed by atoms with Gasteiger partial charge in [-0.3, -0.25) is 9.59 Å². The summed E-state index contributed by atoms with van der Waals surface area (Å²) in [5.74, 6) is 0.0536. The lowest BCUT2D eigenvalue weighted by Gasteiger charge is -2.43. The number of carbonyl (C=O) groups excluding carboxylic acids is 2. The Balaban J connectivity index is 1.43. The lowest BCUT2D eigenvalue weighted by atomic mass is 9.74. The minimum Gasteiger partial charge on any atom is -0.363 e. The number of hydrogen-bond acceptors (Lipinski definition) is 5. The average molecular weight is 411 g/mol. The van der Waals surface area contributed by atoms with Gasteiger partial charge in [-0.25, -0.2) is 0 Å². The summed E-state index contributed by atoms with van der Waals surface area (Å²) in [6.07, 6.45) is 6.48. The third kappa shape index (κ3) is 4.12. The van der Waals surface area contributed by atoms with Crippen molar-refractivity contribution in [3.63, 3.8) is 0 Å². The summed E-state index contributed by atoms with van der Waals surface area (Å²) in [7, 11) is 3.83. The van der Waals surface area contributed by atoms with Gasteiger partial charge in [0, 0.05) is 24.7 Å². The van der Waals surface area contributed by atoms with Crippen LogP contribution in [0.25, 0.3) is 11.3 Å². The highest BCUT2D eigenvalue weighted by Crippen LogP contribution is 2.46. The molecule has 1 spiro atoms. The molecule has 2 aromatic rings. The normalized spacial score (nSPS) is 20.6. The van der Waals surface area contributed by atoms with Crippen LogP contribution in [0.4, 0.5) is 0 Å². The number of likely N-dealkylation sites (tertiary alicyclic amines) is 1. The molecule has 1 atom stereocenters. The molecule has 2 aliphatic rings. The van der Waals surface area contributed by atoms with Crippen LogP contribution in [0.1, 0.15) is 42.5 Å². The molecule has 1 aromatic heterocycles. The Labute approximate surface area is 177 Å². The molecule has 1 aliphatic carbocycles. The smallest absolute Gasteiger partial charge is 0.257 e. The van der Waals surface area contributed by atoms with Gasteiger partial charge in [0.15, 0.2) is 0 Å². The van der Waals surface area contributed by atoms with Crippen LogP contribution in [0.2, 0.25) is 0 Å². The van der Waals surface area contributed by atoms with Gasteiger partial charge < -0.3 is 19.6 Å². The van der Waals surface area contributed by atoms with E-state index in [2.05, 4.69) is 10.5 Å². The predicted octanol–water partition coefficient (Wildman–Crippen LogP) is 2.79. The third-order valence-electron chi connectivity index (χ3n) is 6.64. The largest absolute Gasteiger partial charge is 0.363 e. The monoisotopic (exact) mass is 410 g/mol. The van der Waals surface area contributed by atoms with E-state index in [1.165, 1.54) is 6.26 Å². The predicted molar refractivity (Wildman–Crippen MR) is 114 cm³/mol. The summed E-state index contributed by atoms with van der Waals surface area (Å²) in [6, 6.07) is 9.74. The van der Waals surface area contributed by atoms with Gasteiger partial charge in [-0.15, -0.1) is 0 Å². The van der Waals surface area contributed by atoms with Crippen LogP contribution in [0.15, 0.2) is 41.1 Å².